The van der Waals surface area contributed by atoms with E-state index in [-0.39, 0.29) is 12.6 Å². The number of likely N-dealkylation sites (N-methyl/N-ethyl adjacent to an activating group) is 1. The first-order chi connectivity index (χ1) is 9.93. The minimum atomic E-state index is -0.651. The molecule has 1 aromatic heterocycles. The lowest BCUT2D eigenvalue weighted by molar-refractivity contribution is 0.304. The van der Waals surface area contributed by atoms with Crippen LogP contribution in [0.15, 0.2) is 18.3 Å². The first kappa shape index (κ1) is 15.4. The number of benzene rings is 1. The van der Waals surface area contributed by atoms with Crippen molar-refractivity contribution < 1.29 is 13.9 Å². The van der Waals surface area contributed by atoms with Crippen molar-refractivity contribution in [3.05, 3.63) is 30.0 Å². The van der Waals surface area contributed by atoms with Gasteiger partial charge in [-0.25, -0.2) is 13.8 Å². The molecule has 0 saturated heterocycles. The largest absolute Gasteiger partial charge is 0.395 e. The van der Waals surface area contributed by atoms with E-state index in [0.717, 1.165) is 6.07 Å². The van der Waals surface area contributed by atoms with Crippen LogP contribution < -0.4 is 10.2 Å². The molecule has 1 heterocycles. The number of aliphatic hydroxyl groups is 1. The summed E-state index contributed by atoms with van der Waals surface area (Å²) in [5.74, 6) is -0.844. The Balaban J connectivity index is 2.68. The summed E-state index contributed by atoms with van der Waals surface area (Å²) in [5.41, 5.74) is 0.527. The van der Waals surface area contributed by atoms with Gasteiger partial charge < -0.3 is 15.3 Å². The molecular formula is C15H19F2N3O. The zero-order valence-corrected chi connectivity index (χ0v) is 12.3. The third-order valence-electron chi connectivity index (χ3n) is 3.12. The van der Waals surface area contributed by atoms with Crippen LogP contribution in [0.3, 0.4) is 0 Å². The summed E-state index contributed by atoms with van der Waals surface area (Å²) < 4.78 is 27.8. The molecule has 6 heteroatoms. The van der Waals surface area contributed by atoms with Gasteiger partial charge in [-0.1, -0.05) is 0 Å². The van der Waals surface area contributed by atoms with E-state index < -0.39 is 11.6 Å². The fourth-order valence-corrected chi connectivity index (χ4v) is 2.26. The van der Waals surface area contributed by atoms with E-state index in [1.165, 1.54) is 12.3 Å². The third-order valence-corrected chi connectivity index (χ3v) is 3.12. The number of aliphatic hydroxyl groups excluding tert-OH is 1. The van der Waals surface area contributed by atoms with Crippen LogP contribution in [-0.2, 0) is 0 Å². The Morgan fingerprint density at radius 2 is 2.05 bits per heavy atom. The Morgan fingerprint density at radius 1 is 1.33 bits per heavy atom. The van der Waals surface area contributed by atoms with E-state index in [9.17, 15) is 8.78 Å². The number of hydrogen-bond donors (Lipinski definition) is 2. The molecule has 2 aromatic rings. The number of nitrogens with one attached hydrogen (secondary N) is 1. The van der Waals surface area contributed by atoms with E-state index in [0.29, 0.717) is 28.8 Å². The molecular weight excluding hydrogens is 276 g/mol. The van der Waals surface area contributed by atoms with Crippen LogP contribution in [0.5, 0.6) is 0 Å². The smallest absolute Gasteiger partial charge is 0.136 e. The van der Waals surface area contributed by atoms with Crippen molar-refractivity contribution in [2.75, 3.05) is 30.4 Å². The first-order valence-electron chi connectivity index (χ1n) is 6.80. The summed E-state index contributed by atoms with van der Waals surface area (Å²) in [7, 11) is 1.72. The van der Waals surface area contributed by atoms with Gasteiger partial charge in [0, 0.05) is 36.5 Å². The van der Waals surface area contributed by atoms with E-state index in [2.05, 4.69) is 10.3 Å². The second-order valence-corrected chi connectivity index (χ2v) is 5.25. The molecule has 0 aliphatic heterocycles. The van der Waals surface area contributed by atoms with Crippen molar-refractivity contribution in [3.63, 3.8) is 0 Å². The van der Waals surface area contributed by atoms with Crippen LogP contribution in [0, 0.1) is 11.6 Å². The molecule has 0 fully saturated rings. The van der Waals surface area contributed by atoms with Gasteiger partial charge in [0.1, 0.15) is 17.5 Å². The highest BCUT2D eigenvalue weighted by molar-refractivity contribution is 6.00. The Hall–Kier alpha value is -1.95. The van der Waals surface area contributed by atoms with Gasteiger partial charge in [-0.05, 0) is 19.9 Å². The van der Waals surface area contributed by atoms with E-state index in [1.54, 1.807) is 11.9 Å². The van der Waals surface area contributed by atoms with E-state index in [4.69, 9.17) is 5.11 Å². The van der Waals surface area contributed by atoms with Crippen molar-refractivity contribution in [1.82, 2.24) is 4.98 Å². The maximum atomic E-state index is 14.2. The molecule has 21 heavy (non-hydrogen) atoms. The SMILES string of the molecule is CC(C)Nc1cnc(N(C)CCO)c2cc(F)cc(F)c12. The predicted octanol–water partition coefficient (Wildman–Crippen LogP) is 2.76. The van der Waals surface area contributed by atoms with Crippen LogP contribution >= 0.6 is 0 Å². The van der Waals surface area contributed by atoms with E-state index in [1.807, 2.05) is 13.8 Å². The maximum absolute atomic E-state index is 14.2. The van der Waals surface area contributed by atoms with Gasteiger partial charge in [-0.3, -0.25) is 0 Å². The van der Waals surface area contributed by atoms with Crippen LogP contribution in [0.1, 0.15) is 13.8 Å². The predicted molar refractivity (Wildman–Crippen MR) is 80.8 cm³/mol. The average molecular weight is 295 g/mol. The van der Waals surface area contributed by atoms with Gasteiger partial charge in [0.2, 0.25) is 0 Å². The second kappa shape index (κ2) is 6.22. The lowest BCUT2D eigenvalue weighted by Gasteiger charge is -2.21. The van der Waals surface area contributed by atoms with Crippen LogP contribution in [0.2, 0.25) is 0 Å². The minimum Gasteiger partial charge on any atom is -0.395 e. The minimum absolute atomic E-state index is 0.0660. The number of rotatable bonds is 5. The molecule has 0 aliphatic carbocycles. The lowest BCUT2D eigenvalue weighted by Crippen LogP contribution is -2.23. The summed E-state index contributed by atoms with van der Waals surface area (Å²) in [6.45, 7) is 4.12. The summed E-state index contributed by atoms with van der Waals surface area (Å²) in [6.07, 6.45) is 1.53. The first-order valence-corrected chi connectivity index (χ1v) is 6.80. The number of fused-ring (bicyclic) bond motifs is 1. The average Bonchev–Trinajstić information content (AvgIpc) is 2.37. The zero-order chi connectivity index (χ0) is 15.6. The lowest BCUT2D eigenvalue weighted by atomic mass is 10.1. The van der Waals surface area contributed by atoms with Gasteiger partial charge in [0.05, 0.1) is 18.5 Å². The fourth-order valence-electron chi connectivity index (χ4n) is 2.26. The highest BCUT2D eigenvalue weighted by atomic mass is 19.1. The number of hydrogen-bond acceptors (Lipinski definition) is 4. The molecule has 4 nitrogen and oxygen atoms in total. The van der Waals surface area contributed by atoms with Crippen LogP contribution in [0.25, 0.3) is 10.8 Å². The molecule has 0 saturated carbocycles. The highest BCUT2D eigenvalue weighted by Crippen LogP contribution is 2.32. The molecule has 0 unspecified atom stereocenters. The van der Waals surface area contributed by atoms with Crippen molar-refractivity contribution in [3.8, 4) is 0 Å². The Labute approximate surface area is 122 Å². The summed E-state index contributed by atoms with van der Waals surface area (Å²) in [5, 5.41) is 12.8. The van der Waals surface area contributed by atoms with Crippen molar-refractivity contribution >= 4 is 22.3 Å². The number of pyridine rings is 1. The Morgan fingerprint density at radius 3 is 2.67 bits per heavy atom. The second-order valence-electron chi connectivity index (χ2n) is 5.25. The Bertz CT molecular complexity index is 646. The highest BCUT2D eigenvalue weighted by Gasteiger charge is 2.16. The molecule has 0 spiro atoms. The molecule has 0 radical (unpaired) electrons. The zero-order valence-electron chi connectivity index (χ0n) is 12.3. The van der Waals surface area contributed by atoms with Crippen molar-refractivity contribution in [1.29, 1.82) is 0 Å². The summed E-state index contributed by atoms with van der Waals surface area (Å²) >= 11 is 0. The number of halogens is 2. The standard InChI is InChI=1S/C15H19F2N3O/c1-9(2)19-13-8-18-15(20(3)4-5-21)11-6-10(16)7-12(17)14(11)13/h6-9,19,21H,4-5H2,1-3H3. The monoisotopic (exact) mass is 295 g/mol. The molecule has 0 amide bonds. The molecule has 0 bridgehead atoms. The fraction of sp³-hybridized carbons (Fsp3) is 0.400. The van der Waals surface area contributed by atoms with Gasteiger partial charge in [-0.15, -0.1) is 0 Å². The Kier molecular flexibility index (Phi) is 4.57. The van der Waals surface area contributed by atoms with Crippen molar-refractivity contribution in [2.24, 2.45) is 0 Å². The van der Waals surface area contributed by atoms with Gasteiger partial charge in [0.25, 0.3) is 0 Å². The molecule has 114 valence electrons. The number of aromatic nitrogens is 1. The third kappa shape index (κ3) is 3.21. The summed E-state index contributed by atoms with van der Waals surface area (Å²) in [6, 6.07) is 2.23. The van der Waals surface area contributed by atoms with Crippen LogP contribution in [0.4, 0.5) is 20.3 Å². The topological polar surface area (TPSA) is 48.4 Å². The summed E-state index contributed by atoms with van der Waals surface area (Å²) in [4.78, 5) is 5.95. The normalized spacial score (nSPS) is 11.2. The van der Waals surface area contributed by atoms with Gasteiger partial charge >= 0.3 is 0 Å². The van der Waals surface area contributed by atoms with Crippen LogP contribution in [-0.4, -0.2) is 36.3 Å². The maximum Gasteiger partial charge on any atom is 0.136 e. The van der Waals surface area contributed by atoms with Gasteiger partial charge in [-0.2, -0.15) is 0 Å². The molecule has 2 rings (SSSR count). The van der Waals surface area contributed by atoms with Gasteiger partial charge in [0.15, 0.2) is 0 Å². The molecule has 1 aromatic carbocycles. The molecule has 0 atom stereocenters. The molecule has 0 aliphatic rings. The molecule has 2 N–H and O–H groups in total. The number of nitrogens with zero attached hydrogens (tertiary/aromatic N) is 2. The number of anilines is 2. The quantitative estimate of drug-likeness (QED) is 0.890. The van der Waals surface area contributed by atoms with Crippen molar-refractivity contribution in [2.45, 2.75) is 19.9 Å². The van der Waals surface area contributed by atoms with E-state index >= 15 is 0 Å².